The summed E-state index contributed by atoms with van der Waals surface area (Å²) in [5.41, 5.74) is 0.752. The van der Waals surface area contributed by atoms with Crippen LogP contribution in [-0.2, 0) is 12.6 Å². The number of halogens is 3. The molecule has 0 fully saturated rings. The van der Waals surface area contributed by atoms with Gasteiger partial charge in [0.25, 0.3) is 0 Å². The zero-order valence-electron chi connectivity index (χ0n) is 11.4. The topological polar surface area (TPSA) is 20.2 Å². The Labute approximate surface area is 125 Å². The molecule has 0 amide bonds. The molecular formula is C16H15F3OS. The van der Waals surface area contributed by atoms with Gasteiger partial charge in [0.15, 0.2) is 0 Å². The van der Waals surface area contributed by atoms with E-state index in [-0.39, 0.29) is 6.42 Å². The van der Waals surface area contributed by atoms with E-state index in [1.54, 1.807) is 11.8 Å². The fourth-order valence-corrected chi connectivity index (χ4v) is 2.41. The van der Waals surface area contributed by atoms with Crippen molar-refractivity contribution >= 4 is 11.8 Å². The zero-order valence-corrected chi connectivity index (χ0v) is 12.2. The van der Waals surface area contributed by atoms with Crippen molar-refractivity contribution < 1.29 is 18.3 Å². The van der Waals surface area contributed by atoms with Crippen molar-refractivity contribution in [2.75, 3.05) is 6.26 Å². The summed E-state index contributed by atoms with van der Waals surface area (Å²) in [4.78, 5) is 1.10. The number of hydrogen-bond acceptors (Lipinski definition) is 2. The van der Waals surface area contributed by atoms with E-state index >= 15 is 0 Å². The van der Waals surface area contributed by atoms with E-state index in [0.717, 1.165) is 22.6 Å². The van der Waals surface area contributed by atoms with E-state index in [2.05, 4.69) is 0 Å². The number of benzene rings is 2. The maximum absolute atomic E-state index is 12.5. The second kappa shape index (κ2) is 6.54. The smallest absolute Gasteiger partial charge is 0.388 e. The van der Waals surface area contributed by atoms with Crippen LogP contribution in [-0.4, -0.2) is 11.4 Å². The maximum Gasteiger partial charge on any atom is 0.416 e. The molecule has 1 unspecified atom stereocenters. The van der Waals surface area contributed by atoms with Crippen LogP contribution in [0.2, 0.25) is 0 Å². The van der Waals surface area contributed by atoms with Crippen molar-refractivity contribution in [3.8, 4) is 0 Å². The first-order valence-electron chi connectivity index (χ1n) is 6.38. The standard InChI is InChI=1S/C16H15F3OS/c1-21-14-8-4-12(5-9-14)15(20)10-11-2-6-13(7-3-11)16(17,18)19/h2-9,15,20H,10H2,1H3. The second-order valence-corrected chi connectivity index (χ2v) is 5.57. The predicted octanol–water partition coefficient (Wildman–Crippen LogP) is 4.70. The lowest BCUT2D eigenvalue weighted by Crippen LogP contribution is -2.06. The predicted molar refractivity (Wildman–Crippen MR) is 78.3 cm³/mol. The van der Waals surface area contributed by atoms with Gasteiger partial charge in [0.05, 0.1) is 11.7 Å². The van der Waals surface area contributed by atoms with Gasteiger partial charge in [0.1, 0.15) is 0 Å². The van der Waals surface area contributed by atoms with Crippen LogP contribution in [0.5, 0.6) is 0 Å². The minimum Gasteiger partial charge on any atom is -0.388 e. The number of thioether (sulfide) groups is 1. The van der Waals surface area contributed by atoms with E-state index in [1.165, 1.54) is 12.1 Å². The molecule has 2 aromatic carbocycles. The molecule has 0 aliphatic carbocycles. The average Bonchev–Trinajstić information content (AvgIpc) is 2.47. The van der Waals surface area contributed by atoms with Gasteiger partial charge in [-0.05, 0) is 41.6 Å². The Balaban J connectivity index is 2.06. The minimum atomic E-state index is -4.33. The molecule has 1 atom stereocenters. The molecule has 1 N–H and O–H groups in total. The number of aliphatic hydroxyl groups excluding tert-OH is 1. The van der Waals surface area contributed by atoms with Crippen LogP contribution in [0.25, 0.3) is 0 Å². The first-order valence-corrected chi connectivity index (χ1v) is 7.61. The Morgan fingerprint density at radius 2 is 1.57 bits per heavy atom. The van der Waals surface area contributed by atoms with Crippen molar-refractivity contribution in [1.29, 1.82) is 0 Å². The van der Waals surface area contributed by atoms with Crippen LogP contribution in [0, 0.1) is 0 Å². The van der Waals surface area contributed by atoms with Gasteiger partial charge in [-0.3, -0.25) is 0 Å². The molecule has 1 nitrogen and oxygen atoms in total. The van der Waals surface area contributed by atoms with Crippen LogP contribution in [0.4, 0.5) is 13.2 Å². The largest absolute Gasteiger partial charge is 0.416 e. The molecule has 0 heterocycles. The first-order chi connectivity index (χ1) is 9.90. The van der Waals surface area contributed by atoms with Gasteiger partial charge >= 0.3 is 6.18 Å². The number of rotatable bonds is 4. The normalized spacial score (nSPS) is 13.2. The van der Waals surface area contributed by atoms with Gasteiger partial charge in [0.2, 0.25) is 0 Å². The van der Waals surface area contributed by atoms with E-state index in [0.29, 0.717) is 5.56 Å². The number of alkyl halides is 3. The molecule has 0 aliphatic rings. The number of hydrogen-bond donors (Lipinski definition) is 1. The highest BCUT2D eigenvalue weighted by Crippen LogP contribution is 2.30. The molecule has 0 bridgehead atoms. The molecule has 0 aliphatic heterocycles. The van der Waals surface area contributed by atoms with Crippen LogP contribution >= 0.6 is 11.8 Å². The lowest BCUT2D eigenvalue weighted by Gasteiger charge is -2.12. The average molecular weight is 312 g/mol. The van der Waals surface area contributed by atoms with Crippen molar-refractivity contribution in [2.24, 2.45) is 0 Å². The summed E-state index contributed by atoms with van der Waals surface area (Å²) in [6, 6.07) is 12.4. The van der Waals surface area contributed by atoms with E-state index in [1.807, 2.05) is 30.5 Å². The summed E-state index contributed by atoms with van der Waals surface area (Å²) in [5.74, 6) is 0. The van der Waals surface area contributed by atoms with Gasteiger partial charge in [0, 0.05) is 11.3 Å². The molecular weight excluding hydrogens is 297 g/mol. The first kappa shape index (κ1) is 15.9. The molecule has 2 aromatic rings. The lowest BCUT2D eigenvalue weighted by atomic mass is 10.0. The van der Waals surface area contributed by atoms with E-state index in [4.69, 9.17) is 0 Å². The van der Waals surface area contributed by atoms with Crippen molar-refractivity contribution in [3.63, 3.8) is 0 Å². The summed E-state index contributed by atoms with van der Waals surface area (Å²) in [6.07, 6.45) is -2.80. The zero-order chi connectivity index (χ0) is 15.5. The molecule has 2 rings (SSSR count). The van der Waals surface area contributed by atoms with Gasteiger partial charge in [-0.25, -0.2) is 0 Å². The molecule has 0 saturated heterocycles. The summed E-state index contributed by atoms with van der Waals surface area (Å²) >= 11 is 1.61. The molecule has 5 heteroatoms. The maximum atomic E-state index is 12.5. The summed E-state index contributed by atoms with van der Waals surface area (Å²) in [5, 5.41) is 10.1. The van der Waals surface area contributed by atoms with Gasteiger partial charge in [-0.1, -0.05) is 24.3 Å². The number of aliphatic hydroxyl groups is 1. The highest BCUT2D eigenvalue weighted by molar-refractivity contribution is 7.98. The molecule has 0 aromatic heterocycles. The third-order valence-corrected chi connectivity index (χ3v) is 3.95. The Kier molecular flexibility index (Phi) is 4.96. The van der Waals surface area contributed by atoms with Gasteiger partial charge < -0.3 is 5.11 Å². The Morgan fingerprint density at radius 3 is 2.05 bits per heavy atom. The monoisotopic (exact) mass is 312 g/mol. The summed E-state index contributed by atoms with van der Waals surface area (Å²) in [6.45, 7) is 0. The fraction of sp³-hybridized carbons (Fsp3) is 0.250. The molecule has 0 saturated carbocycles. The van der Waals surface area contributed by atoms with Crippen LogP contribution in [0.3, 0.4) is 0 Å². The minimum absolute atomic E-state index is 0.288. The van der Waals surface area contributed by atoms with Crippen LogP contribution in [0.1, 0.15) is 22.8 Å². The Hall–Kier alpha value is -1.46. The molecule has 0 radical (unpaired) electrons. The Morgan fingerprint density at radius 1 is 1.00 bits per heavy atom. The molecule has 112 valence electrons. The van der Waals surface area contributed by atoms with Crippen molar-refractivity contribution in [3.05, 3.63) is 65.2 Å². The van der Waals surface area contributed by atoms with E-state index in [9.17, 15) is 18.3 Å². The highest BCUT2D eigenvalue weighted by atomic mass is 32.2. The summed E-state index contributed by atoms with van der Waals surface area (Å²) < 4.78 is 37.4. The summed E-state index contributed by atoms with van der Waals surface area (Å²) in [7, 11) is 0. The SMILES string of the molecule is CSc1ccc(C(O)Cc2ccc(C(F)(F)F)cc2)cc1. The second-order valence-electron chi connectivity index (χ2n) is 4.69. The Bertz CT molecular complexity index is 576. The lowest BCUT2D eigenvalue weighted by molar-refractivity contribution is -0.137. The van der Waals surface area contributed by atoms with Crippen molar-refractivity contribution in [2.45, 2.75) is 23.6 Å². The quantitative estimate of drug-likeness (QED) is 0.826. The van der Waals surface area contributed by atoms with Crippen molar-refractivity contribution in [1.82, 2.24) is 0 Å². The third-order valence-electron chi connectivity index (χ3n) is 3.21. The van der Waals surface area contributed by atoms with Crippen LogP contribution < -0.4 is 0 Å². The van der Waals surface area contributed by atoms with E-state index < -0.39 is 17.8 Å². The molecule has 0 spiro atoms. The highest BCUT2D eigenvalue weighted by Gasteiger charge is 2.29. The third kappa shape index (κ3) is 4.25. The van der Waals surface area contributed by atoms with Gasteiger partial charge in [-0.15, -0.1) is 11.8 Å². The fourth-order valence-electron chi connectivity index (χ4n) is 2.00. The van der Waals surface area contributed by atoms with Crippen LogP contribution in [0.15, 0.2) is 53.4 Å². The molecule has 21 heavy (non-hydrogen) atoms. The van der Waals surface area contributed by atoms with Gasteiger partial charge in [-0.2, -0.15) is 13.2 Å².